The van der Waals surface area contributed by atoms with Crippen molar-refractivity contribution in [1.82, 2.24) is 5.43 Å². The summed E-state index contributed by atoms with van der Waals surface area (Å²) in [6.45, 7) is 4.34. The molecule has 112 valence electrons. The molecular weight excluding hydrogens is 331 g/mol. The third kappa shape index (κ3) is 3.90. The number of benzene rings is 2. The second kappa shape index (κ2) is 7.16. The minimum Gasteiger partial charge on any atom is -0.271 e. The monoisotopic (exact) mass is 350 g/mol. The van der Waals surface area contributed by atoms with Crippen molar-refractivity contribution in [2.24, 2.45) is 5.84 Å². The third-order valence-corrected chi connectivity index (χ3v) is 4.48. The lowest BCUT2D eigenvalue weighted by Gasteiger charge is -2.18. The Morgan fingerprint density at radius 2 is 1.81 bits per heavy atom. The van der Waals surface area contributed by atoms with Crippen molar-refractivity contribution in [1.29, 1.82) is 0 Å². The first-order valence-corrected chi connectivity index (χ1v) is 7.81. The summed E-state index contributed by atoms with van der Waals surface area (Å²) < 4.78 is 14.1. The normalized spacial score (nSPS) is 12.7. The van der Waals surface area contributed by atoms with E-state index in [-0.39, 0.29) is 11.9 Å². The Morgan fingerprint density at radius 3 is 2.38 bits per heavy atom. The van der Waals surface area contributed by atoms with E-state index in [4.69, 9.17) is 5.84 Å². The SMILES string of the molecule is CC(C)c1ccc(CC(NN)c2cccc(F)c2Br)cc1. The average Bonchev–Trinajstić information content (AvgIpc) is 2.48. The molecule has 0 aromatic heterocycles. The van der Waals surface area contributed by atoms with Gasteiger partial charge in [0.1, 0.15) is 5.82 Å². The van der Waals surface area contributed by atoms with Gasteiger partial charge < -0.3 is 0 Å². The quantitative estimate of drug-likeness (QED) is 0.617. The number of rotatable bonds is 5. The van der Waals surface area contributed by atoms with Gasteiger partial charge in [0, 0.05) is 0 Å². The number of hydrogen-bond acceptors (Lipinski definition) is 2. The Hall–Kier alpha value is -1.23. The van der Waals surface area contributed by atoms with E-state index in [1.165, 1.54) is 17.2 Å². The van der Waals surface area contributed by atoms with Crippen molar-refractivity contribution in [2.75, 3.05) is 0 Å². The summed E-state index contributed by atoms with van der Waals surface area (Å²) in [6.07, 6.45) is 0.705. The maximum absolute atomic E-state index is 13.6. The summed E-state index contributed by atoms with van der Waals surface area (Å²) in [5.74, 6) is 5.90. The van der Waals surface area contributed by atoms with E-state index in [2.05, 4.69) is 59.5 Å². The van der Waals surface area contributed by atoms with Crippen LogP contribution >= 0.6 is 15.9 Å². The summed E-state index contributed by atoms with van der Waals surface area (Å²) in [7, 11) is 0. The predicted molar refractivity (Wildman–Crippen MR) is 88.4 cm³/mol. The molecular formula is C17H20BrFN2. The minimum absolute atomic E-state index is 0.139. The van der Waals surface area contributed by atoms with Crippen molar-refractivity contribution in [3.63, 3.8) is 0 Å². The summed E-state index contributed by atoms with van der Waals surface area (Å²) in [5.41, 5.74) is 6.07. The van der Waals surface area contributed by atoms with Crippen LogP contribution in [0.3, 0.4) is 0 Å². The van der Waals surface area contributed by atoms with Gasteiger partial charge in [-0.05, 0) is 51.0 Å². The molecule has 0 bridgehead atoms. The molecule has 0 saturated heterocycles. The van der Waals surface area contributed by atoms with E-state index in [0.717, 1.165) is 5.56 Å². The van der Waals surface area contributed by atoms with Crippen LogP contribution in [0.15, 0.2) is 46.9 Å². The first-order valence-electron chi connectivity index (χ1n) is 7.01. The molecule has 0 amide bonds. The molecule has 0 aliphatic carbocycles. The smallest absolute Gasteiger partial charge is 0.137 e. The number of nitrogens with one attached hydrogen (secondary N) is 1. The number of nitrogens with two attached hydrogens (primary N) is 1. The van der Waals surface area contributed by atoms with Gasteiger partial charge in [-0.15, -0.1) is 0 Å². The lowest BCUT2D eigenvalue weighted by Crippen LogP contribution is -2.30. The van der Waals surface area contributed by atoms with E-state index < -0.39 is 0 Å². The molecule has 2 aromatic carbocycles. The Labute approximate surface area is 133 Å². The lowest BCUT2D eigenvalue weighted by molar-refractivity contribution is 0.540. The van der Waals surface area contributed by atoms with E-state index in [1.54, 1.807) is 6.07 Å². The Morgan fingerprint density at radius 1 is 1.14 bits per heavy atom. The van der Waals surface area contributed by atoms with Crippen molar-refractivity contribution in [3.8, 4) is 0 Å². The van der Waals surface area contributed by atoms with Gasteiger partial charge in [0.25, 0.3) is 0 Å². The van der Waals surface area contributed by atoms with Crippen LogP contribution in [0.5, 0.6) is 0 Å². The summed E-state index contributed by atoms with van der Waals surface area (Å²) in [4.78, 5) is 0. The average molecular weight is 351 g/mol. The Bertz CT molecular complexity index is 596. The third-order valence-electron chi connectivity index (χ3n) is 3.64. The summed E-state index contributed by atoms with van der Waals surface area (Å²) in [6, 6.07) is 13.3. The number of hydrazine groups is 1. The van der Waals surface area contributed by atoms with Crippen LogP contribution in [0.4, 0.5) is 4.39 Å². The molecule has 2 aromatic rings. The van der Waals surface area contributed by atoms with Crippen LogP contribution in [0.25, 0.3) is 0 Å². The van der Waals surface area contributed by atoms with Gasteiger partial charge in [-0.1, -0.05) is 50.2 Å². The van der Waals surface area contributed by atoms with Gasteiger partial charge in [0.2, 0.25) is 0 Å². The summed E-state index contributed by atoms with van der Waals surface area (Å²) in [5, 5.41) is 0. The van der Waals surface area contributed by atoms with Gasteiger partial charge in [0.15, 0.2) is 0 Å². The molecule has 0 heterocycles. The van der Waals surface area contributed by atoms with Gasteiger partial charge in [-0.3, -0.25) is 11.3 Å². The van der Waals surface area contributed by atoms with Crippen LogP contribution < -0.4 is 11.3 Å². The highest BCUT2D eigenvalue weighted by Crippen LogP contribution is 2.28. The van der Waals surface area contributed by atoms with Crippen LogP contribution in [0, 0.1) is 5.82 Å². The molecule has 1 atom stereocenters. The van der Waals surface area contributed by atoms with Crippen molar-refractivity contribution < 1.29 is 4.39 Å². The fourth-order valence-corrected chi connectivity index (χ4v) is 2.86. The molecule has 0 fully saturated rings. The molecule has 1 unspecified atom stereocenters. The lowest BCUT2D eigenvalue weighted by atomic mass is 9.96. The minimum atomic E-state index is -0.275. The number of hydrogen-bond donors (Lipinski definition) is 2. The highest BCUT2D eigenvalue weighted by atomic mass is 79.9. The molecule has 2 nitrogen and oxygen atoms in total. The van der Waals surface area contributed by atoms with Gasteiger partial charge in [-0.25, -0.2) is 4.39 Å². The highest BCUT2D eigenvalue weighted by molar-refractivity contribution is 9.10. The topological polar surface area (TPSA) is 38.0 Å². The zero-order chi connectivity index (χ0) is 15.4. The van der Waals surface area contributed by atoms with E-state index >= 15 is 0 Å². The molecule has 0 saturated carbocycles. The molecule has 0 aliphatic heterocycles. The van der Waals surface area contributed by atoms with Crippen LogP contribution in [-0.2, 0) is 6.42 Å². The van der Waals surface area contributed by atoms with Crippen LogP contribution in [0.2, 0.25) is 0 Å². The van der Waals surface area contributed by atoms with Crippen molar-refractivity contribution >= 4 is 15.9 Å². The molecule has 4 heteroatoms. The zero-order valence-electron chi connectivity index (χ0n) is 12.2. The van der Waals surface area contributed by atoms with E-state index in [1.807, 2.05) is 6.07 Å². The fraction of sp³-hybridized carbons (Fsp3) is 0.294. The first-order chi connectivity index (χ1) is 10.0. The predicted octanol–water partition coefficient (Wildman–Crippen LogP) is 4.46. The molecule has 3 N–H and O–H groups in total. The molecule has 0 radical (unpaired) electrons. The summed E-state index contributed by atoms with van der Waals surface area (Å²) >= 11 is 3.30. The zero-order valence-corrected chi connectivity index (χ0v) is 13.8. The molecule has 0 aliphatic rings. The van der Waals surface area contributed by atoms with Gasteiger partial charge >= 0.3 is 0 Å². The second-order valence-corrected chi connectivity index (χ2v) is 6.26. The first kappa shape index (κ1) is 16.1. The van der Waals surface area contributed by atoms with Gasteiger partial charge in [0.05, 0.1) is 10.5 Å². The van der Waals surface area contributed by atoms with E-state index in [0.29, 0.717) is 16.8 Å². The van der Waals surface area contributed by atoms with E-state index in [9.17, 15) is 4.39 Å². The standard InChI is InChI=1S/C17H20BrFN2/c1-11(2)13-8-6-12(7-9-13)10-16(21-20)14-4-3-5-15(19)17(14)18/h3-9,11,16,21H,10,20H2,1-2H3. The maximum atomic E-state index is 13.6. The van der Waals surface area contributed by atoms with Crippen molar-refractivity contribution in [2.45, 2.75) is 32.2 Å². The van der Waals surface area contributed by atoms with Crippen LogP contribution in [0.1, 0.15) is 42.5 Å². The maximum Gasteiger partial charge on any atom is 0.137 e. The van der Waals surface area contributed by atoms with Crippen molar-refractivity contribution in [3.05, 3.63) is 69.4 Å². The Balaban J connectivity index is 2.21. The number of halogens is 2. The molecule has 2 rings (SSSR count). The molecule has 21 heavy (non-hydrogen) atoms. The fourth-order valence-electron chi connectivity index (χ4n) is 2.32. The van der Waals surface area contributed by atoms with Gasteiger partial charge in [-0.2, -0.15) is 0 Å². The Kier molecular flexibility index (Phi) is 5.51. The second-order valence-electron chi connectivity index (χ2n) is 5.46. The largest absolute Gasteiger partial charge is 0.271 e. The molecule has 0 spiro atoms. The highest BCUT2D eigenvalue weighted by Gasteiger charge is 2.16. The van der Waals surface area contributed by atoms with Crippen LogP contribution in [-0.4, -0.2) is 0 Å².